The minimum absolute atomic E-state index is 0.0216. The smallest absolute Gasteiger partial charge is 0.152 e. The summed E-state index contributed by atoms with van der Waals surface area (Å²) in [5, 5.41) is 0. The number of imidazole rings is 1. The van der Waals surface area contributed by atoms with Crippen molar-refractivity contribution in [2.75, 3.05) is 7.11 Å². The molecule has 2 rings (SSSR count). The van der Waals surface area contributed by atoms with Gasteiger partial charge in [-0.2, -0.15) is 0 Å². The van der Waals surface area contributed by atoms with Gasteiger partial charge in [0.25, 0.3) is 0 Å². The molecular weight excluding hydrogens is 240 g/mol. The van der Waals surface area contributed by atoms with E-state index < -0.39 is 0 Å². The number of carbonyl (C=O) groups excluding carboxylic acids is 1. The zero-order valence-corrected chi connectivity index (χ0v) is 11.3. The lowest BCUT2D eigenvalue weighted by Gasteiger charge is -2.09. The van der Waals surface area contributed by atoms with Crippen molar-refractivity contribution in [3.05, 3.63) is 48.1 Å². The van der Waals surface area contributed by atoms with E-state index in [4.69, 9.17) is 4.74 Å². The van der Waals surface area contributed by atoms with Gasteiger partial charge in [0, 0.05) is 6.20 Å². The zero-order valence-electron chi connectivity index (χ0n) is 11.3. The molecule has 0 atom stereocenters. The Morgan fingerprint density at radius 3 is 2.79 bits per heavy atom. The predicted octanol–water partition coefficient (Wildman–Crippen LogP) is 2.79. The molecule has 19 heavy (non-hydrogen) atoms. The molecule has 1 aromatic heterocycles. The highest BCUT2D eigenvalue weighted by Crippen LogP contribution is 2.25. The van der Waals surface area contributed by atoms with Crippen LogP contribution in [0.3, 0.4) is 0 Å². The van der Waals surface area contributed by atoms with Gasteiger partial charge >= 0.3 is 0 Å². The van der Waals surface area contributed by atoms with Crippen molar-refractivity contribution >= 4 is 11.9 Å². The summed E-state index contributed by atoms with van der Waals surface area (Å²) in [4.78, 5) is 15.1. The fraction of sp³-hybridized carbons (Fsp3) is 0.200. The van der Waals surface area contributed by atoms with Crippen molar-refractivity contribution in [3.8, 4) is 11.4 Å². The second kappa shape index (κ2) is 5.52. The molecule has 4 heteroatoms. The molecule has 0 saturated carbocycles. The summed E-state index contributed by atoms with van der Waals surface area (Å²) in [6.07, 6.45) is 6.99. The normalized spacial score (nSPS) is 10.9. The molecule has 1 aromatic carbocycles. The number of rotatable bonds is 4. The van der Waals surface area contributed by atoms with E-state index in [1.165, 1.54) is 13.0 Å². The number of ketones is 1. The lowest BCUT2D eigenvalue weighted by molar-refractivity contribution is -0.112. The predicted molar refractivity (Wildman–Crippen MR) is 74.6 cm³/mol. The van der Waals surface area contributed by atoms with E-state index in [-0.39, 0.29) is 5.78 Å². The number of aromatic nitrogens is 2. The molecule has 1 heterocycles. The van der Waals surface area contributed by atoms with E-state index in [1.807, 2.05) is 35.9 Å². The number of hydrogen-bond donors (Lipinski definition) is 0. The van der Waals surface area contributed by atoms with Gasteiger partial charge in [0.05, 0.1) is 24.8 Å². The Morgan fingerprint density at radius 2 is 2.21 bits per heavy atom. The van der Waals surface area contributed by atoms with Crippen molar-refractivity contribution in [1.82, 2.24) is 9.55 Å². The Kier molecular flexibility index (Phi) is 3.80. The zero-order chi connectivity index (χ0) is 13.8. The van der Waals surface area contributed by atoms with Crippen LogP contribution >= 0.6 is 0 Å². The van der Waals surface area contributed by atoms with Gasteiger partial charge in [0.2, 0.25) is 0 Å². The summed E-state index contributed by atoms with van der Waals surface area (Å²) in [6, 6.07) is 5.77. The minimum Gasteiger partial charge on any atom is -0.495 e. The summed E-state index contributed by atoms with van der Waals surface area (Å²) >= 11 is 0. The number of allylic oxidation sites excluding steroid dienone is 1. The van der Waals surface area contributed by atoms with Crippen molar-refractivity contribution < 1.29 is 9.53 Å². The van der Waals surface area contributed by atoms with E-state index >= 15 is 0 Å². The first-order chi connectivity index (χ1) is 9.10. The number of carbonyl (C=O) groups is 1. The van der Waals surface area contributed by atoms with Crippen molar-refractivity contribution in [3.63, 3.8) is 0 Å². The van der Waals surface area contributed by atoms with Crippen LogP contribution in [0.2, 0.25) is 0 Å². The average molecular weight is 256 g/mol. The molecule has 0 fully saturated rings. The Labute approximate surface area is 112 Å². The molecule has 2 aromatic rings. The van der Waals surface area contributed by atoms with Gasteiger partial charge in [-0.25, -0.2) is 4.98 Å². The summed E-state index contributed by atoms with van der Waals surface area (Å²) in [5.41, 5.74) is 2.79. The monoisotopic (exact) mass is 256 g/mol. The van der Waals surface area contributed by atoms with Gasteiger partial charge in [-0.3, -0.25) is 4.79 Å². The number of ether oxygens (including phenoxy) is 1. The van der Waals surface area contributed by atoms with E-state index in [1.54, 1.807) is 19.5 Å². The van der Waals surface area contributed by atoms with E-state index in [0.29, 0.717) is 0 Å². The Morgan fingerprint density at radius 1 is 1.42 bits per heavy atom. The highest BCUT2D eigenvalue weighted by atomic mass is 16.5. The fourth-order valence-corrected chi connectivity index (χ4v) is 1.78. The van der Waals surface area contributed by atoms with Crippen molar-refractivity contribution in [2.45, 2.75) is 13.8 Å². The first-order valence-electron chi connectivity index (χ1n) is 5.98. The highest BCUT2D eigenvalue weighted by molar-refractivity contribution is 5.91. The first-order valence-corrected chi connectivity index (χ1v) is 5.98. The summed E-state index contributed by atoms with van der Waals surface area (Å²) in [6.45, 7) is 3.46. The second-order valence-corrected chi connectivity index (χ2v) is 4.30. The largest absolute Gasteiger partial charge is 0.495 e. The molecular formula is C15H16N2O2. The van der Waals surface area contributed by atoms with Crippen molar-refractivity contribution in [2.24, 2.45) is 0 Å². The van der Waals surface area contributed by atoms with E-state index in [9.17, 15) is 4.79 Å². The third kappa shape index (κ3) is 3.10. The van der Waals surface area contributed by atoms with Crippen LogP contribution in [0.15, 0.2) is 36.8 Å². The first kappa shape index (κ1) is 13.1. The topological polar surface area (TPSA) is 44.1 Å². The molecule has 0 aliphatic heterocycles. The van der Waals surface area contributed by atoms with Crippen LogP contribution in [0.25, 0.3) is 11.8 Å². The van der Waals surface area contributed by atoms with Crippen LogP contribution in [0, 0.1) is 6.92 Å². The van der Waals surface area contributed by atoms with Crippen LogP contribution in [0.4, 0.5) is 0 Å². The molecule has 0 bridgehead atoms. The molecule has 0 saturated heterocycles. The van der Waals surface area contributed by atoms with Crippen LogP contribution in [0.5, 0.6) is 5.75 Å². The van der Waals surface area contributed by atoms with Crippen molar-refractivity contribution in [1.29, 1.82) is 0 Å². The molecule has 0 aliphatic carbocycles. The molecule has 4 nitrogen and oxygen atoms in total. The summed E-state index contributed by atoms with van der Waals surface area (Å²) < 4.78 is 7.30. The minimum atomic E-state index is 0.0216. The number of nitrogens with zero attached hydrogens (tertiary/aromatic N) is 2. The molecule has 0 spiro atoms. The van der Waals surface area contributed by atoms with Crippen LogP contribution in [0.1, 0.15) is 18.2 Å². The molecule has 98 valence electrons. The van der Waals surface area contributed by atoms with Crippen LogP contribution in [-0.2, 0) is 4.79 Å². The number of benzene rings is 1. The highest BCUT2D eigenvalue weighted by Gasteiger charge is 2.06. The molecule has 0 unspecified atom stereocenters. The van der Waals surface area contributed by atoms with Gasteiger partial charge in [0.15, 0.2) is 5.78 Å². The van der Waals surface area contributed by atoms with Crippen LogP contribution in [-0.4, -0.2) is 22.4 Å². The second-order valence-electron chi connectivity index (χ2n) is 4.30. The van der Waals surface area contributed by atoms with E-state index in [2.05, 4.69) is 4.98 Å². The Bertz CT molecular complexity index is 627. The fourth-order valence-electron chi connectivity index (χ4n) is 1.78. The van der Waals surface area contributed by atoms with Crippen LogP contribution < -0.4 is 4.74 Å². The van der Waals surface area contributed by atoms with E-state index in [0.717, 1.165) is 22.7 Å². The van der Waals surface area contributed by atoms with Gasteiger partial charge in [-0.05, 0) is 37.6 Å². The number of aryl methyl sites for hydroxylation is 1. The maximum atomic E-state index is 10.9. The lowest BCUT2D eigenvalue weighted by atomic mass is 10.1. The maximum absolute atomic E-state index is 10.9. The standard InChI is InChI=1S/C15H16N2O2/c1-11-9-17(10-16-11)14-7-6-13(5-4-12(2)18)8-15(14)19-3/h4-10H,1-3H3/b5-4+. The number of methoxy groups -OCH3 is 1. The molecule has 0 radical (unpaired) electrons. The number of hydrogen-bond acceptors (Lipinski definition) is 3. The van der Waals surface area contributed by atoms with Gasteiger partial charge in [-0.15, -0.1) is 0 Å². The lowest BCUT2D eigenvalue weighted by Crippen LogP contribution is -1.96. The quantitative estimate of drug-likeness (QED) is 0.790. The Hall–Kier alpha value is -2.36. The third-order valence-corrected chi connectivity index (χ3v) is 2.70. The van der Waals surface area contributed by atoms with Gasteiger partial charge in [-0.1, -0.05) is 12.1 Å². The molecule has 0 amide bonds. The van der Waals surface area contributed by atoms with Gasteiger partial charge in [0.1, 0.15) is 5.75 Å². The Balaban J connectivity index is 2.39. The molecule has 0 aliphatic rings. The van der Waals surface area contributed by atoms with Gasteiger partial charge < -0.3 is 9.30 Å². The summed E-state index contributed by atoms with van der Waals surface area (Å²) in [7, 11) is 1.63. The summed E-state index contributed by atoms with van der Waals surface area (Å²) in [5.74, 6) is 0.761. The SMILES string of the molecule is COc1cc(/C=C/C(C)=O)ccc1-n1cnc(C)c1. The molecule has 0 N–H and O–H groups in total. The maximum Gasteiger partial charge on any atom is 0.152 e. The average Bonchev–Trinajstić information content (AvgIpc) is 2.82. The third-order valence-electron chi connectivity index (χ3n) is 2.70.